The van der Waals surface area contributed by atoms with E-state index in [4.69, 9.17) is 16.3 Å². The zero-order valence-corrected chi connectivity index (χ0v) is 15.4. The second kappa shape index (κ2) is 8.55. The summed E-state index contributed by atoms with van der Waals surface area (Å²) in [5.74, 6) is 0.831. The molecule has 0 saturated heterocycles. The number of ether oxygens (including phenoxy) is 1. The molecule has 3 rings (SSSR count). The third-order valence-electron chi connectivity index (χ3n) is 4.07. The lowest BCUT2D eigenvalue weighted by atomic mass is 10.1. The Kier molecular flexibility index (Phi) is 5.93. The minimum Gasteiger partial charge on any atom is -0.494 e. The zero-order valence-electron chi connectivity index (χ0n) is 14.7. The molecule has 0 atom stereocenters. The molecule has 0 fully saturated rings. The van der Waals surface area contributed by atoms with Gasteiger partial charge >= 0.3 is 0 Å². The summed E-state index contributed by atoms with van der Waals surface area (Å²) in [5, 5.41) is 14.3. The molecule has 0 unspecified atom stereocenters. The monoisotopic (exact) mass is 365 g/mol. The minimum absolute atomic E-state index is 0.204. The highest BCUT2D eigenvalue weighted by Crippen LogP contribution is 2.32. The van der Waals surface area contributed by atoms with Crippen molar-refractivity contribution < 1.29 is 4.74 Å². The van der Waals surface area contributed by atoms with Gasteiger partial charge in [0.25, 0.3) is 0 Å². The van der Waals surface area contributed by atoms with Crippen LogP contribution >= 0.6 is 11.6 Å². The van der Waals surface area contributed by atoms with E-state index in [1.165, 1.54) is 0 Å². The maximum Gasteiger partial charge on any atom is 0.137 e. The number of para-hydroxylation sites is 1. The largest absolute Gasteiger partial charge is 0.494 e. The number of hydrogen-bond acceptors (Lipinski definition) is 3. The summed E-state index contributed by atoms with van der Waals surface area (Å²) in [6, 6.07) is 19.6. The quantitative estimate of drug-likeness (QED) is 0.524. The highest BCUT2D eigenvalue weighted by molar-refractivity contribution is 6.31. The van der Waals surface area contributed by atoms with Crippen LogP contribution in [0.4, 0.5) is 0 Å². The van der Waals surface area contributed by atoms with Crippen molar-refractivity contribution in [2.24, 2.45) is 0 Å². The van der Waals surface area contributed by atoms with Crippen LogP contribution in [0.15, 0.2) is 54.6 Å². The second-order valence-electron chi connectivity index (χ2n) is 5.93. The van der Waals surface area contributed by atoms with E-state index in [1.54, 1.807) is 4.68 Å². The van der Waals surface area contributed by atoms with E-state index in [9.17, 15) is 5.26 Å². The lowest BCUT2D eigenvalue weighted by Crippen LogP contribution is -1.97. The first-order chi connectivity index (χ1) is 12.7. The zero-order chi connectivity index (χ0) is 18.4. The molecule has 4 nitrogen and oxygen atoms in total. The molecule has 26 heavy (non-hydrogen) atoms. The number of aromatic nitrogens is 2. The molecule has 0 radical (unpaired) electrons. The first-order valence-electron chi connectivity index (χ1n) is 8.67. The lowest BCUT2D eigenvalue weighted by Gasteiger charge is -2.06. The molecule has 0 N–H and O–H groups in total. The van der Waals surface area contributed by atoms with E-state index in [0.717, 1.165) is 41.1 Å². The summed E-state index contributed by atoms with van der Waals surface area (Å²) in [6.45, 7) is 2.85. The Morgan fingerprint density at radius 1 is 1.12 bits per heavy atom. The molecule has 0 saturated carbocycles. The van der Waals surface area contributed by atoms with Gasteiger partial charge in [0.05, 0.1) is 30.5 Å². The molecule has 2 aromatic carbocycles. The molecule has 0 amide bonds. The Labute approximate surface area is 158 Å². The highest BCUT2D eigenvalue weighted by Gasteiger charge is 2.18. The number of nitrogens with zero attached hydrogens (tertiary/aromatic N) is 3. The summed E-state index contributed by atoms with van der Waals surface area (Å²) in [6.07, 6.45) is 2.34. The van der Waals surface area contributed by atoms with Crippen LogP contribution in [-0.2, 0) is 6.42 Å². The predicted molar refractivity (Wildman–Crippen MR) is 104 cm³/mol. The number of hydrogen-bond donors (Lipinski definition) is 0. The summed E-state index contributed by atoms with van der Waals surface area (Å²) < 4.78 is 7.39. The fourth-order valence-electron chi connectivity index (χ4n) is 2.68. The van der Waals surface area contributed by atoms with Crippen LogP contribution in [0.3, 0.4) is 0 Å². The van der Waals surface area contributed by atoms with Gasteiger partial charge in [-0.3, -0.25) is 0 Å². The minimum atomic E-state index is 0.204. The van der Waals surface area contributed by atoms with Crippen LogP contribution in [0.1, 0.15) is 25.3 Å². The van der Waals surface area contributed by atoms with Gasteiger partial charge in [-0.15, -0.1) is 0 Å². The van der Waals surface area contributed by atoms with E-state index in [1.807, 2.05) is 54.6 Å². The fourth-order valence-corrected chi connectivity index (χ4v) is 2.97. The van der Waals surface area contributed by atoms with E-state index in [0.29, 0.717) is 11.8 Å². The van der Waals surface area contributed by atoms with Crippen LogP contribution in [-0.4, -0.2) is 16.4 Å². The molecule has 0 spiro atoms. The smallest absolute Gasteiger partial charge is 0.137 e. The average molecular weight is 366 g/mol. The summed E-state index contributed by atoms with van der Waals surface area (Å²) >= 11 is 6.53. The number of benzene rings is 2. The Bertz CT molecular complexity index is 896. The van der Waals surface area contributed by atoms with E-state index >= 15 is 0 Å². The molecule has 0 aliphatic heterocycles. The molecule has 132 valence electrons. The van der Waals surface area contributed by atoms with Crippen molar-refractivity contribution in [1.29, 1.82) is 5.26 Å². The first-order valence-corrected chi connectivity index (χ1v) is 9.05. The Balaban J connectivity index is 1.95. The molecule has 1 aromatic heterocycles. The van der Waals surface area contributed by atoms with Gasteiger partial charge in [-0.1, -0.05) is 43.1 Å². The van der Waals surface area contributed by atoms with Gasteiger partial charge in [-0.2, -0.15) is 10.4 Å². The van der Waals surface area contributed by atoms with E-state index in [2.05, 4.69) is 18.1 Å². The van der Waals surface area contributed by atoms with Gasteiger partial charge in [0, 0.05) is 11.1 Å². The maximum absolute atomic E-state index is 9.19. The predicted octanol–water partition coefficient (Wildman–Crippen LogP) is 5.44. The lowest BCUT2D eigenvalue weighted by molar-refractivity contribution is 0.309. The molecule has 5 heteroatoms. The summed E-state index contributed by atoms with van der Waals surface area (Å²) in [4.78, 5) is 0. The number of unbranched alkanes of at least 4 members (excludes halogenated alkanes) is 1. The molecular weight excluding hydrogens is 346 g/mol. The van der Waals surface area contributed by atoms with Gasteiger partial charge in [-0.05, 0) is 42.8 Å². The van der Waals surface area contributed by atoms with Crippen molar-refractivity contribution in [3.63, 3.8) is 0 Å². The van der Waals surface area contributed by atoms with Crippen molar-refractivity contribution in [3.8, 4) is 28.8 Å². The maximum atomic E-state index is 9.19. The molecule has 3 aromatic rings. The third-order valence-corrected chi connectivity index (χ3v) is 4.46. The van der Waals surface area contributed by atoms with Gasteiger partial charge in [0.15, 0.2) is 0 Å². The standard InChI is InChI=1S/C21H20ClN3O/c1-2-3-15-26-18-11-9-16(10-12-18)20-19(13-14-23)21(22)25(24-20)17-7-5-4-6-8-17/h4-12H,2-3,13,15H2,1H3. The Hall–Kier alpha value is -2.77. The Morgan fingerprint density at radius 3 is 2.50 bits per heavy atom. The molecule has 0 aliphatic carbocycles. The molecule has 0 bridgehead atoms. The van der Waals surface area contributed by atoms with Gasteiger partial charge in [0.1, 0.15) is 10.9 Å². The fraction of sp³-hybridized carbons (Fsp3) is 0.238. The average Bonchev–Trinajstić information content (AvgIpc) is 3.00. The van der Waals surface area contributed by atoms with Crippen LogP contribution in [0, 0.1) is 11.3 Å². The topological polar surface area (TPSA) is 50.8 Å². The van der Waals surface area contributed by atoms with E-state index < -0.39 is 0 Å². The van der Waals surface area contributed by atoms with E-state index in [-0.39, 0.29) is 6.42 Å². The molecule has 0 aliphatic rings. The van der Waals surface area contributed by atoms with Crippen LogP contribution in [0.2, 0.25) is 5.15 Å². The van der Waals surface area contributed by atoms with Crippen molar-refractivity contribution in [1.82, 2.24) is 9.78 Å². The third kappa shape index (κ3) is 3.89. The molecule has 1 heterocycles. The molecular formula is C21H20ClN3O. The SMILES string of the molecule is CCCCOc1ccc(-c2nn(-c3ccccc3)c(Cl)c2CC#N)cc1. The first kappa shape index (κ1) is 18.0. The Morgan fingerprint density at radius 2 is 1.85 bits per heavy atom. The van der Waals surface area contributed by atoms with Gasteiger partial charge in [0.2, 0.25) is 0 Å². The summed E-state index contributed by atoms with van der Waals surface area (Å²) in [5.41, 5.74) is 3.23. The number of rotatable bonds is 7. The normalized spacial score (nSPS) is 10.5. The van der Waals surface area contributed by atoms with Gasteiger partial charge < -0.3 is 4.74 Å². The van der Waals surface area contributed by atoms with Crippen molar-refractivity contribution in [2.45, 2.75) is 26.2 Å². The number of nitriles is 1. The van der Waals surface area contributed by atoms with Crippen LogP contribution in [0.5, 0.6) is 5.75 Å². The van der Waals surface area contributed by atoms with Crippen molar-refractivity contribution >= 4 is 11.6 Å². The van der Waals surface area contributed by atoms with Crippen LogP contribution in [0.25, 0.3) is 16.9 Å². The van der Waals surface area contributed by atoms with Crippen molar-refractivity contribution in [2.75, 3.05) is 6.61 Å². The summed E-state index contributed by atoms with van der Waals surface area (Å²) in [7, 11) is 0. The van der Waals surface area contributed by atoms with Crippen molar-refractivity contribution in [3.05, 3.63) is 65.3 Å². The number of halogens is 1. The second-order valence-corrected chi connectivity index (χ2v) is 6.28. The van der Waals surface area contributed by atoms with Gasteiger partial charge in [-0.25, -0.2) is 4.68 Å². The highest BCUT2D eigenvalue weighted by atomic mass is 35.5. The van der Waals surface area contributed by atoms with Crippen LogP contribution < -0.4 is 4.74 Å².